The Morgan fingerprint density at radius 1 is 1.07 bits per heavy atom. The van der Waals surface area contributed by atoms with Crippen molar-refractivity contribution in [2.24, 2.45) is 11.8 Å². The maximum Gasteiger partial charge on any atom is 0.324 e. The van der Waals surface area contributed by atoms with Gasteiger partial charge in [0.05, 0.1) is 12.0 Å². The van der Waals surface area contributed by atoms with Gasteiger partial charge in [-0.05, 0) is 55.4 Å². The molecule has 9 heteroatoms. The maximum atomic E-state index is 12.9. The number of hydrogen-bond donors (Lipinski definition) is 0. The monoisotopic (exact) mass is 418 g/mol. The van der Waals surface area contributed by atoms with Crippen molar-refractivity contribution in [3.05, 3.63) is 30.1 Å². The summed E-state index contributed by atoms with van der Waals surface area (Å²) in [4.78, 5) is 6.94. The molecule has 2 saturated carbocycles. The number of methoxy groups -OCH3 is 1. The molecule has 2 aromatic rings. The lowest BCUT2D eigenvalue weighted by Crippen LogP contribution is -2.48. The summed E-state index contributed by atoms with van der Waals surface area (Å²) in [5.41, 5.74) is 0. The van der Waals surface area contributed by atoms with E-state index in [0.717, 1.165) is 11.7 Å². The van der Waals surface area contributed by atoms with E-state index in [-0.39, 0.29) is 4.90 Å². The van der Waals surface area contributed by atoms with Crippen LogP contribution >= 0.6 is 0 Å². The highest BCUT2D eigenvalue weighted by molar-refractivity contribution is 7.89. The first-order valence-corrected chi connectivity index (χ1v) is 11.7. The molecule has 29 heavy (non-hydrogen) atoms. The maximum absolute atomic E-state index is 12.9. The minimum atomic E-state index is -3.52. The summed E-state index contributed by atoms with van der Waals surface area (Å²) in [6, 6.07) is 7.02. The molecule has 2 bridgehead atoms. The molecule has 1 aromatic heterocycles. The van der Waals surface area contributed by atoms with Crippen LogP contribution in [0.3, 0.4) is 0 Å². The predicted octanol–water partition coefficient (Wildman–Crippen LogP) is 2.49. The first-order chi connectivity index (χ1) is 14.0. The summed E-state index contributed by atoms with van der Waals surface area (Å²) >= 11 is 0. The number of piperazine rings is 1. The van der Waals surface area contributed by atoms with Gasteiger partial charge in [0.15, 0.2) is 5.82 Å². The summed E-state index contributed by atoms with van der Waals surface area (Å²) in [5.74, 6) is 3.44. The minimum Gasteiger partial charge on any atom is -0.497 e. The fourth-order valence-electron chi connectivity index (χ4n) is 5.08. The zero-order valence-corrected chi connectivity index (χ0v) is 17.3. The highest BCUT2D eigenvalue weighted by Gasteiger charge is 2.42. The lowest BCUT2D eigenvalue weighted by Gasteiger charge is -2.32. The van der Waals surface area contributed by atoms with Crippen molar-refractivity contribution in [2.75, 3.05) is 38.2 Å². The van der Waals surface area contributed by atoms with Crippen LogP contribution < -0.4 is 9.64 Å². The second-order valence-corrected chi connectivity index (χ2v) is 10.2. The molecule has 1 saturated heterocycles. The van der Waals surface area contributed by atoms with Crippen LogP contribution in [0.1, 0.15) is 37.4 Å². The molecule has 8 nitrogen and oxygen atoms in total. The fourth-order valence-corrected chi connectivity index (χ4v) is 6.51. The number of fused-ring (bicyclic) bond motifs is 2. The number of benzene rings is 1. The van der Waals surface area contributed by atoms with Gasteiger partial charge in [-0.1, -0.05) is 11.6 Å². The van der Waals surface area contributed by atoms with Gasteiger partial charge in [0.1, 0.15) is 5.75 Å². The Bertz CT molecular complexity index is 967. The van der Waals surface area contributed by atoms with Gasteiger partial charge in [0.25, 0.3) is 0 Å². The van der Waals surface area contributed by atoms with Crippen LogP contribution in [-0.2, 0) is 10.0 Å². The molecule has 3 unspecified atom stereocenters. The van der Waals surface area contributed by atoms with E-state index in [1.807, 2.05) is 4.90 Å². The third kappa shape index (κ3) is 3.40. The standard InChI is InChI=1S/C20H26N4O4S/c1-27-16-4-6-17(7-5-16)29(25,26)24-10-8-23(9-11-24)20-21-19(22-28-20)18-13-14-2-3-15(18)12-14/h4-7,14-15,18H,2-3,8-13H2,1H3. The predicted molar refractivity (Wildman–Crippen MR) is 106 cm³/mol. The van der Waals surface area contributed by atoms with Gasteiger partial charge < -0.3 is 14.2 Å². The van der Waals surface area contributed by atoms with Crippen LogP contribution in [0.15, 0.2) is 33.7 Å². The van der Waals surface area contributed by atoms with Gasteiger partial charge in [-0.25, -0.2) is 8.42 Å². The number of hydrogen-bond acceptors (Lipinski definition) is 7. The van der Waals surface area contributed by atoms with E-state index in [1.54, 1.807) is 31.4 Å². The van der Waals surface area contributed by atoms with Crippen molar-refractivity contribution < 1.29 is 17.7 Å². The molecule has 1 aliphatic heterocycles. The molecule has 2 aliphatic carbocycles. The van der Waals surface area contributed by atoms with Crippen molar-refractivity contribution in [3.8, 4) is 5.75 Å². The molecule has 3 fully saturated rings. The number of sulfonamides is 1. The number of rotatable bonds is 5. The zero-order valence-electron chi connectivity index (χ0n) is 16.5. The van der Waals surface area contributed by atoms with Crippen molar-refractivity contribution in [1.29, 1.82) is 0 Å². The third-order valence-electron chi connectivity index (χ3n) is 6.71. The summed E-state index contributed by atoms with van der Waals surface area (Å²) in [6.07, 6.45) is 5.10. The van der Waals surface area contributed by atoms with E-state index >= 15 is 0 Å². The fraction of sp³-hybridized carbons (Fsp3) is 0.600. The highest BCUT2D eigenvalue weighted by Crippen LogP contribution is 2.52. The van der Waals surface area contributed by atoms with Crippen LogP contribution in [0.2, 0.25) is 0 Å². The van der Waals surface area contributed by atoms with Gasteiger partial charge in [-0.2, -0.15) is 9.29 Å². The molecule has 5 rings (SSSR count). The topological polar surface area (TPSA) is 88.8 Å². The highest BCUT2D eigenvalue weighted by atomic mass is 32.2. The second-order valence-electron chi connectivity index (χ2n) is 8.28. The molecule has 3 atom stereocenters. The smallest absolute Gasteiger partial charge is 0.324 e. The van der Waals surface area contributed by atoms with Crippen molar-refractivity contribution in [1.82, 2.24) is 14.4 Å². The Balaban J connectivity index is 1.23. The van der Waals surface area contributed by atoms with Gasteiger partial charge in [0, 0.05) is 32.1 Å². The lowest BCUT2D eigenvalue weighted by atomic mass is 9.88. The first kappa shape index (κ1) is 18.9. The van der Waals surface area contributed by atoms with E-state index in [9.17, 15) is 8.42 Å². The van der Waals surface area contributed by atoms with Gasteiger partial charge >= 0.3 is 6.01 Å². The average molecular weight is 419 g/mol. The quantitative estimate of drug-likeness (QED) is 0.737. The van der Waals surface area contributed by atoms with Crippen LogP contribution in [-0.4, -0.2) is 56.2 Å². The molecule has 0 N–H and O–H groups in total. The minimum absolute atomic E-state index is 0.281. The van der Waals surface area contributed by atoms with Crippen molar-refractivity contribution >= 4 is 16.0 Å². The zero-order chi connectivity index (χ0) is 20.0. The molecule has 3 aliphatic rings. The number of ether oxygens (including phenoxy) is 1. The Morgan fingerprint density at radius 3 is 2.45 bits per heavy atom. The molecule has 0 spiro atoms. The Morgan fingerprint density at radius 2 is 1.83 bits per heavy atom. The van der Waals surface area contributed by atoms with Crippen LogP contribution in [0.25, 0.3) is 0 Å². The molecule has 0 radical (unpaired) electrons. The van der Waals surface area contributed by atoms with Crippen LogP contribution in [0.5, 0.6) is 5.75 Å². The van der Waals surface area contributed by atoms with E-state index in [4.69, 9.17) is 9.26 Å². The van der Waals surface area contributed by atoms with Crippen LogP contribution in [0, 0.1) is 11.8 Å². The third-order valence-corrected chi connectivity index (χ3v) is 8.62. The van der Waals surface area contributed by atoms with Crippen molar-refractivity contribution in [3.63, 3.8) is 0 Å². The normalized spacial score (nSPS) is 27.5. The number of nitrogens with zero attached hydrogens (tertiary/aromatic N) is 4. The first-order valence-electron chi connectivity index (χ1n) is 10.3. The van der Waals surface area contributed by atoms with Gasteiger partial charge in [0.2, 0.25) is 10.0 Å². The number of anilines is 1. The second kappa shape index (κ2) is 7.28. The lowest BCUT2D eigenvalue weighted by molar-refractivity contribution is 0.346. The molecular weight excluding hydrogens is 392 g/mol. The Hall–Kier alpha value is -2.13. The largest absolute Gasteiger partial charge is 0.497 e. The van der Waals surface area contributed by atoms with E-state index < -0.39 is 10.0 Å². The Labute approximate surface area is 170 Å². The van der Waals surface area contributed by atoms with E-state index in [2.05, 4.69) is 10.1 Å². The Kier molecular flexibility index (Phi) is 4.74. The summed E-state index contributed by atoms with van der Waals surface area (Å²) < 4.78 is 38.0. The summed E-state index contributed by atoms with van der Waals surface area (Å²) in [5, 5.41) is 4.25. The average Bonchev–Trinajstić information content (AvgIpc) is 3.50. The molecule has 0 amide bonds. The molecule has 156 valence electrons. The van der Waals surface area contributed by atoms with Crippen LogP contribution in [0.4, 0.5) is 6.01 Å². The van der Waals surface area contributed by atoms with Crippen molar-refractivity contribution in [2.45, 2.75) is 36.5 Å². The molecule has 1 aromatic carbocycles. The van der Waals surface area contributed by atoms with Gasteiger partial charge in [-0.3, -0.25) is 0 Å². The van der Waals surface area contributed by atoms with E-state index in [1.165, 1.54) is 30.0 Å². The SMILES string of the molecule is COc1ccc(S(=O)(=O)N2CCN(c3nc(C4CC5CCC4C5)no3)CC2)cc1. The number of aromatic nitrogens is 2. The molecular formula is C20H26N4O4S. The molecule has 2 heterocycles. The van der Waals surface area contributed by atoms with E-state index in [0.29, 0.717) is 49.8 Å². The van der Waals surface area contributed by atoms with Gasteiger partial charge in [-0.15, -0.1) is 0 Å². The summed E-state index contributed by atoms with van der Waals surface area (Å²) in [7, 11) is -1.96. The summed E-state index contributed by atoms with van der Waals surface area (Å²) in [6.45, 7) is 1.85.